The highest BCUT2D eigenvalue weighted by molar-refractivity contribution is 6.39. The van der Waals surface area contributed by atoms with Gasteiger partial charge in [-0.05, 0) is 112 Å². The van der Waals surface area contributed by atoms with E-state index in [1.54, 1.807) is 36.4 Å². The van der Waals surface area contributed by atoms with Gasteiger partial charge in [-0.25, -0.2) is 0 Å². The smallest absolute Gasteiger partial charge is 0.307 e. The molecular weight excluding hydrogens is 783 g/mol. The van der Waals surface area contributed by atoms with E-state index in [1.807, 2.05) is 45.9 Å². The molecule has 0 radical (unpaired) electrons. The van der Waals surface area contributed by atoms with Crippen LogP contribution >= 0.6 is 23.2 Å². The molecule has 1 atom stereocenters. The minimum atomic E-state index is -0.889. The molecule has 0 bridgehead atoms. The lowest BCUT2D eigenvalue weighted by Gasteiger charge is -2.24. The Morgan fingerprint density at radius 1 is 0.862 bits per heavy atom. The number of halogens is 2. The van der Waals surface area contributed by atoms with Crippen LogP contribution in [0.5, 0.6) is 23.0 Å². The molecule has 0 aliphatic carbocycles. The second kappa shape index (κ2) is 25.0. The van der Waals surface area contributed by atoms with Crippen LogP contribution in [0.2, 0.25) is 10.0 Å². The van der Waals surface area contributed by atoms with Gasteiger partial charge in [0.1, 0.15) is 0 Å². The summed E-state index contributed by atoms with van der Waals surface area (Å²) in [6.45, 7) is 13.3. The average Bonchev–Trinajstić information content (AvgIpc) is 3.73. The zero-order valence-corrected chi connectivity index (χ0v) is 35.3. The van der Waals surface area contributed by atoms with E-state index in [1.165, 1.54) is 5.56 Å². The molecule has 2 heterocycles. The Labute approximate surface area is 352 Å². The minimum absolute atomic E-state index is 0.0642. The third kappa shape index (κ3) is 14.3. The molecule has 4 aromatic rings. The Hall–Kier alpha value is -4.65. The molecule has 314 valence electrons. The van der Waals surface area contributed by atoms with Crippen LogP contribution < -0.4 is 29.6 Å². The van der Waals surface area contributed by atoms with Crippen molar-refractivity contribution in [2.24, 2.45) is 0 Å². The number of aliphatic carboxylic acids is 1. The summed E-state index contributed by atoms with van der Waals surface area (Å²) in [7, 11) is 0. The van der Waals surface area contributed by atoms with Gasteiger partial charge in [0, 0.05) is 30.1 Å². The summed E-state index contributed by atoms with van der Waals surface area (Å²) in [6, 6.07) is 22.6. The van der Waals surface area contributed by atoms with E-state index in [0.717, 1.165) is 72.2 Å². The molecule has 0 spiro atoms. The van der Waals surface area contributed by atoms with Gasteiger partial charge in [-0.15, -0.1) is 0 Å². The van der Waals surface area contributed by atoms with E-state index in [-0.39, 0.29) is 19.1 Å². The van der Waals surface area contributed by atoms with Crippen molar-refractivity contribution in [1.82, 2.24) is 5.32 Å². The molecule has 58 heavy (non-hydrogen) atoms. The Morgan fingerprint density at radius 2 is 1.52 bits per heavy atom. The number of hydrogen-bond donors (Lipinski definition) is 4. The molecule has 11 nitrogen and oxygen atoms in total. The zero-order chi connectivity index (χ0) is 41.7. The fraction of sp³-hybridized carbons (Fsp3) is 0.400. The molecule has 2 aliphatic rings. The van der Waals surface area contributed by atoms with Gasteiger partial charge < -0.3 is 49.3 Å². The van der Waals surface area contributed by atoms with Crippen LogP contribution in [0.3, 0.4) is 0 Å². The minimum Gasteiger partial charge on any atom is -0.490 e. The predicted molar refractivity (Wildman–Crippen MR) is 232 cm³/mol. The van der Waals surface area contributed by atoms with Crippen LogP contribution in [0.1, 0.15) is 62.8 Å². The Balaban J connectivity index is 0.000000218. The van der Waals surface area contributed by atoms with Crippen molar-refractivity contribution >= 4 is 52.3 Å². The molecule has 13 heteroatoms. The molecule has 4 aromatic carbocycles. The van der Waals surface area contributed by atoms with Gasteiger partial charge in [0.15, 0.2) is 23.0 Å². The molecule has 1 unspecified atom stereocenters. The fourth-order valence-electron chi connectivity index (χ4n) is 6.24. The summed E-state index contributed by atoms with van der Waals surface area (Å²) in [6.07, 6.45) is 5.56. The lowest BCUT2D eigenvalue weighted by Crippen LogP contribution is -2.22. The van der Waals surface area contributed by atoms with Gasteiger partial charge in [0.05, 0.1) is 74.5 Å². The number of aliphatic hydroxyl groups is 1. The van der Waals surface area contributed by atoms with Gasteiger partial charge in [-0.1, -0.05) is 53.5 Å². The highest BCUT2D eigenvalue weighted by Gasteiger charge is 2.19. The maximum absolute atomic E-state index is 10.8. The monoisotopic (exact) mass is 838 g/mol. The first-order valence-corrected chi connectivity index (χ1v) is 20.6. The molecule has 0 aromatic heterocycles. The van der Waals surface area contributed by atoms with Crippen LogP contribution in [0.4, 0.5) is 11.4 Å². The number of benzene rings is 4. The average molecular weight is 840 g/mol. The SMILES string of the molecule is CCOc1ccc(/C=C2/NCCc3cc(OCC)c(OCC)cc32)cc1OCC.O=C(O)Cc1ccccc1Nc1c(Cl)cccc1Cl.OCCOCC1CCCO1. The number of carboxylic acid groups (broad SMARTS) is 1. The first-order valence-electron chi connectivity index (χ1n) is 19.8. The Kier molecular flexibility index (Phi) is 19.8. The van der Waals surface area contributed by atoms with Crippen molar-refractivity contribution in [3.05, 3.63) is 105 Å². The first-order chi connectivity index (χ1) is 28.2. The van der Waals surface area contributed by atoms with Crippen molar-refractivity contribution in [2.75, 3.05) is 64.7 Å². The normalized spacial score (nSPS) is 14.8. The maximum atomic E-state index is 10.8. The number of carboxylic acids is 1. The summed E-state index contributed by atoms with van der Waals surface area (Å²) in [4.78, 5) is 10.8. The second-order valence-electron chi connectivity index (χ2n) is 13.0. The topological polar surface area (TPSA) is 137 Å². The molecule has 1 saturated heterocycles. The first kappa shape index (κ1) is 46.0. The third-order valence-corrected chi connectivity index (χ3v) is 9.42. The molecule has 4 N–H and O–H groups in total. The summed E-state index contributed by atoms with van der Waals surface area (Å²) >= 11 is 12.1. The number of fused-ring (bicyclic) bond motifs is 1. The van der Waals surface area contributed by atoms with Crippen LogP contribution in [-0.4, -0.2) is 81.7 Å². The zero-order valence-electron chi connectivity index (χ0n) is 33.8. The highest BCUT2D eigenvalue weighted by atomic mass is 35.5. The number of hydrogen-bond acceptors (Lipinski definition) is 10. The molecule has 1 fully saturated rings. The largest absolute Gasteiger partial charge is 0.490 e. The Morgan fingerprint density at radius 3 is 2.16 bits per heavy atom. The quantitative estimate of drug-likeness (QED) is 0.0757. The molecule has 0 saturated carbocycles. The molecule has 0 amide bonds. The summed E-state index contributed by atoms with van der Waals surface area (Å²) in [5.41, 5.74) is 6.46. The van der Waals surface area contributed by atoms with E-state index in [4.69, 9.17) is 61.8 Å². The number of aliphatic hydroxyl groups excluding tert-OH is 1. The summed E-state index contributed by atoms with van der Waals surface area (Å²) in [5, 5.41) is 24.8. The van der Waals surface area contributed by atoms with Gasteiger partial charge in [-0.3, -0.25) is 4.79 Å². The van der Waals surface area contributed by atoms with E-state index in [0.29, 0.717) is 66.6 Å². The van der Waals surface area contributed by atoms with Crippen molar-refractivity contribution in [2.45, 2.75) is 59.5 Å². The standard InChI is InChI=1S/C24H31NO4.C14H11Cl2NO2.C7H14O3/c1-5-26-21-10-9-17(14-22(21)27-6-2)13-20-19-16-24(29-8-4)23(28-7-3)15-18(19)11-12-25-20;15-10-5-3-6-11(16)14(10)17-12-7-2-1-4-9(12)8-13(18)19;8-3-5-9-6-7-2-1-4-10-7/h9-10,13-16,25H,5-8,11-12H2,1-4H3;1-7,17H,8H2,(H,18,19);7-8H,1-6H2/b20-13+;;. The molecule has 6 rings (SSSR count). The number of rotatable bonds is 17. The van der Waals surface area contributed by atoms with Gasteiger partial charge in [0.2, 0.25) is 0 Å². The fourth-order valence-corrected chi connectivity index (χ4v) is 6.73. The van der Waals surface area contributed by atoms with E-state index < -0.39 is 5.97 Å². The summed E-state index contributed by atoms with van der Waals surface area (Å²) in [5.74, 6) is 2.24. The van der Waals surface area contributed by atoms with Crippen molar-refractivity contribution in [1.29, 1.82) is 0 Å². The van der Waals surface area contributed by atoms with Crippen molar-refractivity contribution in [3.63, 3.8) is 0 Å². The summed E-state index contributed by atoms with van der Waals surface area (Å²) < 4.78 is 33.5. The number of ether oxygens (including phenoxy) is 6. The predicted octanol–water partition coefficient (Wildman–Crippen LogP) is 9.46. The molecule has 2 aliphatic heterocycles. The Bertz CT molecular complexity index is 1900. The lowest BCUT2D eigenvalue weighted by molar-refractivity contribution is -0.136. The number of nitrogens with one attached hydrogen (secondary N) is 2. The number of anilines is 2. The second-order valence-corrected chi connectivity index (χ2v) is 13.8. The van der Waals surface area contributed by atoms with Gasteiger partial charge in [-0.2, -0.15) is 0 Å². The van der Waals surface area contributed by atoms with E-state index in [2.05, 4.69) is 34.9 Å². The van der Waals surface area contributed by atoms with Crippen molar-refractivity contribution < 1.29 is 43.4 Å². The van der Waals surface area contributed by atoms with Gasteiger partial charge >= 0.3 is 5.97 Å². The van der Waals surface area contributed by atoms with Crippen LogP contribution in [0.15, 0.2) is 72.8 Å². The number of para-hydroxylation sites is 2. The van der Waals surface area contributed by atoms with Crippen LogP contribution in [0.25, 0.3) is 11.8 Å². The third-order valence-electron chi connectivity index (χ3n) is 8.79. The number of carbonyl (C=O) groups is 1. The van der Waals surface area contributed by atoms with Crippen LogP contribution in [-0.2, 0) is 27.1 Å². The van der Waals surface area contributed by atoms with Gasteiger partial charge in [0.25, 0.3) is 0 Å². The maximum Gasteiger partial charge on any atom is 0.307 e. The lowest BCUT2D eigenvalue weighted by atomic mass is 9.96. The van der Waals surface area contributed by atoms with E-state index >= 15 is 0 Å². The van der Waals surface area contributed by atoms with Crippen LogP contribution in [0, 0.1) is 0 Å². The van der Waals surface area contributed by atoms with Crippen molar-refractivity contribution in [3.8, 4) is 23.0 Å². The molecular formula is C45H56Cl2N2O9. The van der Waals surface area contributed by atoms with E-state index in [9.17, 15) is 4.79 Å². The highest BCUT2D eigenvalue weighted by Crippen LogP contribution is 2.37.